The molecule has 1 aliphatic carbocycles. The normalized spacial score (nSPS) is 13.7. The SMILES string of the molecule is CCCCCNC(=O)Nc1cccc2c1CCCC2. The number of hydrogen-bond acceptors (Lipinski definition) is 1. The quantitative estimate of drug-likeness (QED) is 0.775. The van der Waals surface area contributed by atoms with Gasteiger partial charge in [-0.3, -0.25) is 0 Å². The fourth-order valence-electron chi connectivity index (χ4n) is 2.64. The lowest BCUT2D eigenvalue weighted by atomic mass is 9.90. The largest absolute Gasteiger partial charge is 0.338 e. The van der Waals surface area contributed by atoms with Crippen LogP contribution in [0.3, 0.4) is 0 Å². The smallest absolute Gasteiger partial charge is 0.319 e. The Kier molecular flexibility index (Phi) is 5.25. The van der Waals surface area contributed by atoms with Crippen molar-refractivity contribution < 1.29 is 4.79 Å². The standard InChI is InChI=1S/C16H24N2O/c1-2-3-6-12-17-16(19)18-15-11-7-9-13-8-4-5-10-14(13)15/h7,9,11H,2-6,8,10,12H2,1H3,(H2,17,18,19). The summed E-state index contributed by atoms with van der Waals surface area (Å²) in [7, 11) is 0. The Bertz CT molecular complexity index is 429. The average Bonchev–Trinajstić information content (AvgIpc) is 2.44. The maximum Gasteiger partial charge on any atom is 0.319 e. The Labute approximate surface area is 115 Å². The summed E-state index contributed by atoms with van der Waals surface area (Å²) in [5, 5.41) is 5.92. The lowest BCUT2D eigenvalue weighted by Gasteiger charge is -2.19. The molecule has 0 unspecified atom stereocenters. The number of nitrogens with one attached hydrogen (secondary N) is 2. The van der Waals surface area contributed by atoms with Crippen molar-refractivity contribution in [1.29, 1.82) is 0 Å². The third-order valence-electron chi connectivity index (χ3n) is 3.71. The Morgan fingerprint density at radius 1 is 1.21 bits per heavy atom. The van der Waals surface area contributed by atoms with Gasteiger partial charge in [-0.05, 0) is 49.3 Å². The van der Waals surface area contributed by atoms with E-state index in [0.29, 0.717) is 0 Å². The Morgan fingerprint density at radius 2 is 2.05 bits per heavy atom. The van der Waals surface area contributed by atoms with Crippen LogP contribution in [0.4, 0.5) is 10.5 Å². The molecule has 3 heteroatoms. The zero-order valence-corrected chi connectivity index (χ0v) is 11.8. The first-order chi connectivity index (χ1) is 9.31. The summed E-state index contributed by atoms with van der Waals surface area (Å²) < 4.78 is 0. The maximum atomic E-state index is 11.8. The van der Waals surface area contributed by atoms with Gasteiger partial charge in [-0.15, -0.1) is 0 Å². The van der Waals surface area contributed by atoms with Crippen molar-refractivity contribution in [2.24, 2.45) is 0 Å². The molecule has 2 amide bonds. The fraction of sp³-hybridized carbons (Fsp3) is 0.562. The summed E-state index contributed by atoms with van der Waals surface area (Å²) in [6.07, 6.45) is 8.11. The van der Waals surface area contributed by atoms with Crippen molar-refractivity contribution in [3.8, 4) is 0 Å². The number of anilines is 1. The van der Waals surface area contributed by atoms with Gasteiger partial charge in [0, 0.05) is 12.2 Å². The van der Waals surface area contributed by atoms with E-state index in [4.69, 9.17) is 0 Å². The second-order valence-electron chi connectivity index (χ2n) is 5.24. The Hall–Kier alpha value is -1.51. The number of hydrogen-bond donors (Lipinski definition) is 2. The molecule has 0 fully saturated rings. The molecule has 0 atom stereocenters. The third-order valence-corrected chi connectivity index (χ3v) is 3.71. The molecule has 0 aliphatic heterocycles. The number of rotatable bonds is 5. The molecule has 0 heterocycles. The maximum absolute atomic E-state index is 11.8. The van der Waals surface area contributed by atoms with Crippen molar-refractivity contribution in [3.05, 3.63) is 29.3 Å². The van der Waals surface area contributed by atoms with Crippen LogP contribution in [-0.4, -0.2) is 12.6 Å². The van der Waals surface area contributed by atoms with Crippen molar-refractivity contribution in [1.82, 2.24) is 5.32 Å². The van der Waals surface area contributed by atoms with E-state index in [1.165, 1.54) is 36.8 Å². The van der Waals surface area contributed by atoms with E-state index in [1.807, 2.05) is 12.1 Å². The molecule has 0 saturated carbocycles. The minimum absolute atomic E-state index is 0.0740. The summed E-state index contributed by atoms with van der Waals surface area (Å²) in [6, 6.07) is 6.15. The van der Waals surface area contributed by atoms with Gasteiger partial charge >= 0.3 is 6.03 Å². The summed E-state index contributed by atoms with van der Waals surface area (Å²) >= 11 is 0. The van der Waals surface area contributed by atoms with Crippen molar-refractivity contribution in [2.45, 2.75) is 51.9 Å². The Morgan fingerprint density at radius 3 is 2.89 bits per heavy atom. The predicted molar refractivity (Wildman–Crippen MR) is 79.6 cm³/mol. The summed E-state index contributed by atoms with van der Waals surface area (Å²) in [4.78, 5) is 11.8. The van der Waals surface area contributed by atoms with Crippen LogP contribution in [0.2, 0.25) is 0 Å². The predicted octanol–water partition coefficient (Wildman–Crippen LogP) is 3.88. The van der Waals surface area contributed by atoms with Gasteiger partial charge in [0.05, 0.1) is 0 Å². The second kappa shape index (κ2) is 7.17. The molecule has 3 nitrogen and oxygen atoms in total. The highest BCUT2D eigenvalue weighted by molar-refractivity contribution is 5.90. The van der Waals surface area contributed by atoms with Crippen LogP contribution >= 0.6 is 0 Å². The molecule has 0 radical (unpaired) electrons. The van der Waals surface area contributed by atoms with Crippen LogP contribution in [0.25, 0.3) is 0 Å². The molecule has 2 N–H and O–H groups in total. The molecule has 2 rings (SSSR count). The van der Waals surface area contributed by atoms with Gasteiger partial charge in [0.2, 0.25) is 0 Å². The van der Waals surface area contributed by atoms with E-state index < -0.39 is 0 Å². The minimum atomic E-state index is -0.0740. The highest BCUT2D eigenvalue weighted by Crippen LogP contribution is 2.27. The van der Waals surface area contributed by atoms with Gasteiger partial charge in [-0.25, -0.2) is 4.79 Å². The number of benzene rings is 1. The Balaban J connectivity index is 1.90. The minimum Gasteiger partial charge on any atom is -0.338 e. The molecular weight excluding hydrogens is 236 g/mol. The number of urea groups is 1. The van der Waals surface area contributed by atoms with E-state index >= 15 is 0 Å². The van der Waals surface area contributed by atoms with Gasteiger partial charge in [0.15, 0.2) is 0 Å². The highest BCUT2D eigenvalue weighted by Gasteiger charge is 2.13. The zero-order chi connectivity index (χ0) is 13.5. The number of fused-ring (bicyclic) bond motifs is 1. The van der Waals surface area contributed by atoms with Gasteiger partial charge < -0.3 is 10.6 Å². The average molecular weight is 260 g/mol. The van der Waals surface area contributed by atoms with E-state index in [1.54, 1.807) is 0 Å². The van der Waals surface area contributed by atoms with Crippen LogP contribution in [0.15, 0.2) is 18.2 Å². The molecule has 0 bridgehead atoms. The third kappa shape index (κ3) is 3.98. The first kappa shape index (κ1) is 13.9. The lowest BCUT2D eigenvalue weighted by molar-refractivity contribution is 0.252. The monoisotopic (exact) mass is 260 g/mol. The van der Waals surface area contributed by atoms with E-state index in [0.717, 1.165) is 31.5 Å². The fourth-order valence-corrected chi connectivity index (χ4v) is 2.64. The molecule has 1 aliphatic rings. The van der Waals surface area contributed by atoms with Crippen molar-refractivity contribution >= 4 is 11.7 Å². The molecule has 1 aromatic rings. The first-order valence-electron chi connectivity index (χ1n) is 7.47. The molecule has 104 valence electrons. The van der Waals surface area contributed by atoms with E-state index in [2.05, 4.69) is 23.6 Å². The van der Waals surface area contributed by atoms with Crippen LogP contribution in [0.1, 0.15) is 50.2 Å². The number of carbonyl (C=O) groups excluding carboxylic acids is 1. The number of unbranched alkanes of at least 4 members (excludes halogenated alkanes) is 2. The highest BCUT2D eigenvalue weighted by atomic mass is 16.2. The molecule has 1 aromatic carbocycles. The first-order valence-corrected chi connectivity index (χ1v) is 7.47. The van der Waals surface area contributed by atoms with Gasteiger partial charge in [-0.1, -0.05) is 31.9 Å². The summed E-state index contributed by atoms with van der Waals surface area (Å²) in [5.41, 5.74) is 3.72. The van der Waals surface area contributed by atoms with E-state index in [9.17, 15) is 4.79 Å². The van der Waals surface area contributed by atoms with Crippen molar-refractivity contribution in [3.63, 3.8) is 0 Å². The molecule has 0 spiro atoms. The molecular formula is C16H24N2O. The summed E-state index contributed by atoms with van der Waals surface area (Å²) in [5.74, 6) is 0. The number of carbonyl (C=O) groups is 1. The number of amides is 2. The van der Waals surface area contributed by atoms with Crippen LogP contribution in [0, 0.1) is 0 Å². The van der Waals surface area contributed by atoms with E-state index in [-0.39, 0.29) is 6.03 Å². The molecule has 19 heavy (non-hydrogen) atoms. The topological polar surface area (TPSA) is 41.1 Å². The van der Waals surface area contributed by atoms with Gasteiger partial charge in [0.25, 0.3) is 0 Å². The molecule has 0 aromatic heterocycles. The zero-order valence-electron chi connectivity index (χ0n) is 11.8. The van der Waals surface area contributed by atoms with Crippen LogP contribution in [0.5, 0.6) is 0 Å². The second-order valence-corrected chi connectivity index (χ2v) is 5.24. The lowest BCUT2D eigenvalue weighted by Crippen LogP contribution is -2.30. The van der Waals surface area contributed by atoms with Crippen LogP contribution in [-0.2, 0) is 12.8 Å². The molecule has 0 saturated heterocycles. The van der Waals surface area contributed by atoms with Gasteiger partial charge in [-0.2, -0.15) is 0 Å². The number of aryl methyl sites for hydroxylation is 1. The van der Waals surface area contributed by atoms with Crippen LogP contribution < -0.4 is 10.6 Å². The van der Waals surface area contributed by atoms with Crippen molar-refractivity contribution in [2.75, 3.05) is 11.9 Å². The summed E-state index contributed by atoms with van der Waals surface area (Å²) in [6.45, 7) is 2.92. The van der Waals surface area contributed by atoms with Gasteiger partial charge in [0.1, 0.15) is 0 Å².